The molecule has 0 saturated carbocycles. The van der Waals surface area contributed by atoms with Gasteiger partial charge in [0, 0.05) is 12.1 Å². The van der Waals surface area contributed by atoms with Crippen LogP contribution in [-0.2, 0) is 11.0 Å². The smallest absolute Gasteiger partial charge is 0.416 e. The number of anilines is 1. The number of methoxy groups -OCH3 is 1. The van der Waals surface area contributed by atoms with Crippen LogP contribution in [0.4, 0.5) is 19.0 Å². The Kier molecular flexibility index (Phi) is 7.48. The van der Waals surface area contributed by atoms with Crippen LogP contribution in [0, 0.1) is 18.3 Å². The molecule has 1 N–H and O–H groups in total. The lowest BCUT2D eigenvalue weighted by Gasteiger charge is -2.13. The van der Waals surface area contributed by atoms with Crippen molar-refractivity contribution in [2.75, 3.05) is 19.0 Å². The highest BCUT2D eigenvalue weighted by atomic mass is 35.5. The number of alkyl halides is 3. The van der Waals surface area contributed by atoms with E-state index < -0.39 is 17.6 Å². The van der Waals surface area contributed by atoms with Crippen molar-refractivity contribution in [1.29, 1.82) is 5.26 Å². The Morgan fingerprint density at radius 2 is 2.00 bits per heavy atom. The zero-order valence-corrected chi connectivity index (χ0v) is 18.7. The van der Waals surface area contributed by atoms with E-state index in [4.69, 9.17) is 26.3 Å². The number of nitrogens with zero attached hydrogens (tertiary/aromatic N) is 3. The molecule has 1 amide bonds. The van der Waals surface area contributed by atoms with Crippen LogP contribution >= 0.6 is 11.6 Å². The molecule has 0 radical (unpaired) electrons. The van der Waals surface area contributed by atoms with Gasteiger partial charge in [0.05, 0.1) is 29.1 Å². The Morgan fingerprint density at radius 3 is 2.68 bits per heavy atom. The molecule has 7 nitrogen and oxygen atoms in total. The molecule has 0 aliphatic carbocycles. The van der Waals surface area contributed by atoms with Gasteiger partial charge in [-0.25, -0.2) is 4.68 Å². The van der Waals surface area contributed by atoms with E-state index in [1.54, 1.807) is 25.1 Å². The summed E-state index contributed by atoms with van der Waals surface area (Å²) in [4.78, 5) is 12.5. The average molecular weight is 491 g/mol. The number of rotatable bonds is 7. The van der Waals surface area contributed by atoms with Gasteiger partial charge in [-0.3, -0.25) is 4.79 Å². The van der Waals surface area contributed by atoms with Crippen LogP contribution in [0.1, 0.15) is 16.8 Å². The highest BCUT2D eigenvalue weighted by Crippen LogP contribution is 2.34. The van der Waals surface area contributed by atoms with Gasteiger partial charge in [-0.15, -0.1) is 0 Å². The second-order valence-corrected chi connectivity index (χ2v) is 7.33. The molecular formula is C23H18ClF3N4O3. The number of hydrogen-bond donors (Lipinski definition) is 1. The molecule has 0 bridgehead atoms. The monoisotopic (exact) mass is 490 g/mol. The Morgan fingerprint density at radius 1 is 1.24 bits per heavy atom. The molecular weight excluding hydrogens is 473 g/mol. The normalized spacial score (nSPS) is 11.3. The molecule has 176 valence electrons. The van der Waals surface area contributed by atoms with Gasteiger partial charge < -0.3 is 14.8 Å². The molecule has 34 heavy (non-hydrogen) atoms. The number of aromatic nitrogens is 2. The largest absolute Gasteiger partial charge is 0.493 e. The fourth-order valence-electron chi connectivity index (χ4n) is 2.98. The van der Waals surface area contributed by atoms with E-state index >= 15 is 0 Å². The van der Waals surface area contributed by atoms with Gasteiger partial charge in [0.15, 0.2) is 18.1 Å². The molecule has 0 spiro atoms. The van der Waals surface area contributed by atoms with Crippen LogP contribution in [0.2, 0.25) is 5.02 Å². The van der Waals surface area contributed by atoms with Crippen molar-refractivity contribution in [2.45, 2.75) is 13.1 Å². The van der Waals surface area contributed by atoms with Gasteiger partial charge in [-0.1, -0.05) is 17.7 Å². The number of hydrogen-bond acceptors (Lipinski definition) is 5. The summed E-state index contributed by atoms with van der Waals surface area (Å²) in [6.45, 7) is 1.49. The van der Waals surface area contributed by atoms with Gasteiger partial charge in [-0.2, -0.15) is 23.5 Å². The second-order valence-electron chi connectivity index (χ2n) is 6.93. The van der Waals surface area contributed by atoms with Crippen LogP contribution in [0.25, 0.3) is 11.8 Å². The van der Waals surface area contributed by atoms with E-state index in [9.17, 15) is 18.0 Å². The maximum Gasteiger partial charge on any atom is 0.416 e. The van der Waals surface area contributed by atoms with Crippen molar-refractivity contribution in [3.63, 3.8) is 0 Å². The third-order valence-corrected chi connectivity index (χ3v) is 4.81. The van der Waals surface area contributed by atoms with E-state index in [1.165, 1.54) is 25.3 Å². The first-order chi connectivity index (χ1) is 16.1. The molecule has 0 saturated heterocycles. The first-order valence-electron chi connectivity index (χ1n) is 9.73. The minimum absolute atomic E-state index is 0.0263. The quantitative estimate of drug-likeness (QED) is 0.447. The summed E-state index contributed by atoms with van der Waals surface area (Å²) in [6.07, 6.45) is -1.81. The maximum atomic E-state index is 13.2. The molecule has 1 heterocycles. The van der Waals surface area contributed by atoms with Crippen molar-refractivity contribution >= 4 is 29.4 Å². The summed E-state index contributed by atoms with van der Waals surface area (Å²) >= 11 is 6.12. The molecule has 0 unspecified atom stereocenters. The predicted molar refractivity (Wildman–Crippen MR) is 120 cm³/mol. The SMILES string of the molecule is COc1cc(/C=C/C(=O)Nc2cc(C)nn2-c2cc(C(F)(F)F)ccc2Cl)ccc1OCC#N. The Balaban J connectivity index is 1.83. The van der Waals surface area contributed by atoms with Gasteiger partial charge >= 0.3 is 6.18 Å². The zero-order valence-electron chi connectivity index (χ0n) is 18.0. The third kappa shape index (κ3) is 5.88. The fourth-order valence-corrected chi connectivity index (χ4v) is 3.18. The Hall–Kier alpha value is -3.97. The van der Waals surface area contributed by atoms with Gasteiger partial charge in [0.1, 0.15) is 11.9 Å². The minimum atomic E-state index is -4.57. The minimum Gasteiger partial charge on any atom is -0.493 e. The predicted octanol–water partition coefficient (Wildman–Crippen LogP) is 5.42. The third-order valence-electron chi connectivity index (χ3n) is 4.49. The van der Waals surface area contributed by atoms with E-state index in [-0.39, 0.29) is 23.1 Å². The highest BCUT2D eigenvalue weighted by Gasteiger charge is 2.31. The van der Waals surface area contributed by atoms with E-state index in [1.807, 2.05) is 6.07 Å². The summed E-state index contributed by atoms with van der Waals surface area (Å²) in [5, 5.41) is 15.4. The first-order valence-corrected chi connectivity index (χ1v) is 10.1. The number of benzene rings is 2. The lowest BCUT2D eigenvalue weighted by atomic mass is 10.2. The van der Waals surface area contributed by atoms with Crippen molar-refractivity contribution in [1.82, 2.24) is 9.78 Å². The number of nitriles is 1. The number of ether oxygens (including phenoxy) is 2. The van der Waals surface area contributed by atoms with Crippen LogP contribution in [0.5, 0.6) is 11.5 Å². The summed E-state index contributed by atoms with van der Waals surface area (Å²) in [6, 6.07) is 11.1. The zero-order chi connectivity index (χ0) is 24.9. The molecule has 2 aromatic carbocycles. The molecule has 0 atom stereocenters. The fraction of sp³-hybridized carbons (Fsp3) is 0.174. The Labute approximate surface area is 198 Å². The van der Waals surface area contributed by atoms with Gasteiger partial charge in [0.25, 0.3) is 0 Å². The van der Waals surface area contributed by atoms with E-state index in [0.717, 1.165) is 22.9 Å². The first kappa shape index (κ1) is 24.7. The number of amides is 1. The van der Waals surface area contributed by atoms with Crippen molar-refractivity contribution in [3.05, 3.63) is 70.4 Å². The molecule has 0 aliphatic heterocycles. The molecule has 0 fully saturated rings. The van der Waals surface area contributed by atoms with E-state index in [0.29, 0.717) is 22.8 Å². The van der Waals surface area contributed by atoms with Gasteiger partial charge in [-0.05, 0) is 48.9 Å². The van der Waals surface area contributed by atoms with Crippen LogP contribution in [0.3, 0.4) is 0 Å². The van der Waals surface area contributed by atoms with Gasteiger partial charge in [0.2, 0.25) is 5.91 Å². The summed E-state index contributed by atoms with van der Waals surface area (Å²) in [7, 11) is 1.44. The molecule has 0 aliphatic rings. The summed E-state index contributed by atoms with van der Waals surface area (Å²) < 4.78 is 51.1. The second kappa shape index (κ2) is 10.3. The number of halogens is 4. The van der Waals surface area contributed by atoms with Crippen LogP contribution in [0.15, 0.2) is 48.5 Å². The van der Waals surface area contributed by atoms with Crippen molar-refractivity contribution in [3.8, 4) is 23.3 Å². The summed E-state index contributed by atoms with van der Waals surface area (Å²) in [5.41, 5.74) is 0.155. The summed E-state index contributed by atoms with van der Waals surface area (Å²) in [5.74, 6) is 0.355. The van der Waals surface area contributed by atoms with Crippen molar-refractivity contribution in [2.24, 2.45) is 0 Å². The average Bonchev–Trinajstić information content (AvgIpc) is 3.15. The lowest BCUT2D eigenvalue weighted by molar-refractivity contribution is -0.137. The van der Waals surface area contributed by atoms with Crippen LogP contribution in [-0.4, -0.2) is 29.4 Å². The maximum absolute atomic E-state index is 13.2. The van der Waals surface area contributed by atoms with Crippen LogP contribution < -0.4 is 14.8 Å². The lowest BCUT2D eigenvalue weighted by Crippen LogP contribution is -2.13. The number of nitrogens with one attached hydrogen (secondary N) is 1. The number of aryl methyl sites for hydroxylation is 1. The molecule has 3 aromatic rings. The standard InChI is InChI=1S/C23H18ClF3N4O3/c1-14-11-21(31(30-14)18-13-16(23(25,26)27)5-6-17(18)24)29-22(32)8-4-15-3-7-19(34-10-9-28)20(12-15)33-2/h3-8,11-13H,10H2,1-2H3,(H,29,32)/b8-4+. The highest BCUT2D eigenvalue weighted by molar-refractivity contribution is 6.32. The van der Waals surface area contributed by atoms with Crippen molar-refractivity contribution < 1.29 is 27.4 Å². The topological polar surface area (TPSA) is 89.2 Å². The number of carbonyl (C=O) groups is 1. The van der Waals surface area contributed by atoms with E-state index in [2.05, 4.69) is 10.4 Å². The molecule has 1 aromatic heterocycles. The Bertz CT molecular complexity index is 1280. The molecule has 3 rings (SSSR count). The number of carbonyl (C=O) groups excluding carboxylic acids is 1. The molecule has 11 heteroatoms.